The molecule has 0 saturated carbocycles. The molecule has 0 saturated heterocycles. The number of hydrogen-bond acceptors (Lipinski definition) is 0. The molecular weight excluding hydrogens is 279 g/mol. The maximum absolute atomic E-state index is 12.9. The molecule has 0 aliphatic carbocycles. The van der Waals surface area contributed by atoms with Crippen LogP contribution < -0.4 is 0 Å². The van der Waals surface area contributed by atoms with Gasteiger partial charge in [-0.2, -0.15) is 0 Å². The molecule has 0 aliphatic rings. The highest BCUT2D eigenvalue weighted by Gasteiger charge is 2.10. The molecule has 2 aromatic rings. The van der Waals surface area contributed by atoms with E-state index in [4.69, 9.17) is 0 Å². The highest BCUT2D eigenvalue weighted by Crippen LogP contribution is 2.31. The van der Waals surface area contributed by atoms with Crippen molar-refractivity contribution in [3.63, 3.8) is 0 Å². The van der Waals surface area contributed by atoms with Crippen LogP contribution in [0.5, 0.6) is 0 Å². The van der Waals surface area contributed by atoms with Gasteiger partial charge < -0.3 is 0 Å². The van der Waals surface area contributed by atoms with Crippen molar-refractivity contribution in [3.8, 4) is 0 Å². The molecular formula is C15H14BrF. The summed E-state index contributed by atoms with van der Waals surface area (Å²) in [6.45, 7) is 4.20. The molecule has 0 nitrogen and oxygen atoms in total. The summed E-state index contributed by atoms with van der Waals surface area (Å²) in [5, 5.41) is 0. The third kappa shape index (κ3) is 2.75. The van der Waals surface area contributed by atoms with Crippen molar-refractivity contribution < 1.29 is 4.39 Å². The Labute approximate surface area is 110 Å². The van der Waals surface area contributed by atoms with Gasteiger partial charge in [0.2, 0.25) is 0 Å². The van der Waals surface area contributed by atoms with Crippen LogP contribution in [-0.4, -0.2) is 0 Å². The quantitative estimate of drug-likeness (QED) is 0.689. The Morgan fingerprint density at radius 3 is 2.06 bits per heavy atom. The van der Waals surface area contributed by atoms with Crippen molar-refractivity contribution in [2.75, 3.05) is 0 Å². The first kappa shape index (κ1) is 12.3. The Kier molecular flexibility index (Phi) is 3.63. The van der Waals surface area contributed by atoms with Crippen LogP contribution >= 0.6 is 15.9 Å². The van der Waals surface area contributed by atoms with Crippen molar-refractivity contribution in [2.45, 2.75) is 18.7 Å². The Balaban J connectivity index is 2.33. The fourth-order valence-electron chi connectivity index (χ4n) is 1.75. The lowest BCUT2D eigenvalue weighted by atomic mass is 10.0. The van der Waals surface area contributed by atoms with Gasteiger partial charge in [-0.05, 0) is 48.2 Å². The molecule has 1 atom stereocenters. The van der Waals surface area contributed by atoms with Gasteiger partial charge in [-0.1, -0.05) is 46.3 Å². The van der Waals surface area contributed by atoms with Crippen molar-refractivity contribution in [2.24, 2.45) is 0 Å². The predicted octanol–water partition coefficient (Wildman–Crippen LogP) is 4.93. The van der Waals surface area contributed by atoms with Gasteiger partial charge in [0.1, 0.15) is 5.82 Å². The van der Waals surface area contributed by atoms with Crippen molar-refractivity contribution in [1.82, 2.24) is 0 Å². The first-order chi connectivity index (χ1) is 8.08. The second-order valence-corrected chi connectivity index (χ2v) is 5.17. The average molecular weight is 293 g/mol. The van der Waals surface area contributed by atoms with Gasteiger partial charge in [0.05, 0.1) is 4.83 Å². The van der Waals surface area contributed by atoms with E-state index in [0.717, 1.165) is 5.56 Å². The minimum Gasteiger partial charge on any atom is -0.207 e. The van der Waals surface area contributed by atoms with Crippen LogP contribution in [0.1, 0.15) is 27.1 Å². The Hall–Kier alpha value is -1.15. The number of alkyl halides is 1. The maximum atomic E-state index is 12.9. The lowest BCUT2D eigenvalue weighted by Gasteiger charge is -2.12. The molecule has 88 valence electrons. The first-order valence-electron chi connectivity index (χ1n) is 5.54. The fraction of sp³-hybridized carbons (Fsp3) is 0.200. The number of hydrogen-bond donors (Lipinski definition) is 0. The molecule has 0 radical (unpaired) electrons. The highest BCUT2D eigenvalue weighted by molar-refractivity contribution is 9.09. The predicted molar refractivity (Wildman–Crippen MR) is 73.1 cm³/mol. The monoisotopic (exact) mass is 292 g/mol. The van der Waals surface area contributed by atoms with Crippen molar-refractivity contribution in [1.29, 1.82) is 0 Å². The summed E-state index contributed by atoms with van der Waals surface area (Å²) in [6, 6.07) is 13.0. The molecule has 0 amide bonds. The van der Waals surface area contributed by atoms with Gasteiger partial charge >= 0.3 is 0 Å². The van der Waals surface area contributed by atoms with Gasteiger partial charge in [-0.25, -0.2) is 4.39 Å². The van der Waals surface area contributed by atoms with Crippen molar-refractivity contribution in [3.05, 3.63) is 70.5 Å². The van der Waals surface area contributed by atoms with E-state index < -0.39 is 0 Å². The zero-order valence-electron chi connectivity index (χ0n) is 9.87. The van der Waals surface area contributed by atoms with Gasteiger partial charge in [-0.3, -0.25) is 0 Å². The summed E-state index contributed by atoms with van der Waals surface area (Å²) in [4.78, 5) is 0.113. The molecule has 0 bridgehead atoms. The van der Waals surface area contributed by atoms with Crippen LogP contribution in [0.3, 0.4) is 0 Å². The summed E-state index contributed by atoms with van der Waals surface area (Å²) in [6.07, 6.45) is 0. The van der Waals surface area contributed by atoms with E-state index in [1.54, 1.807) is 0 Å². The molecule has 2 heteroatoms. The topological polar surface area (TPSA) is 0 Å². The number of rotatable bonds is 2. The third-order valence-corrected chi connectivity index (χ3v) is 4.04. The van der Waals surface area contributed by atoms with E-state index in [9.17, 15) is 4.39 Å². The molecule has 0 spiro atoms. The zero-order chi connectivity index (χ0) is 12.4. The summed E-state index contributed by atoms with van der Waals surface area (Å²) < 4.78 is 12.9. The van der Waals surface area contributed by atoms with Crippen LogP contribution in [0.2, 0.25) is 0 Å². The molecule has 1 unspecified atom stereocenters. The number of benzene rings is 2. The molecule has 0 fully saturated rings. The van der Waals surface area contributed by atoms with E-state index in [-0.39, 0.29) is 10.6 Å². The largest absolute Gasteiger partial charge is 0.207 e. The molecule has 2 aromatic carbocycles. The standard InChI is InChI=1S/C15H14BrF/c1-10-3-4-13(9-11(10)2)15(16)12-5-7-14(17)8-6-12/h3-9,15H,1-2H3. The van der Waals surface area contributed by atoms with Gasteiger partial charge in [0, 0.05) is 0 Å². The van der Waals surface area contributed by atoms with Crippen LogP contribution in [-0.2, 0) is 0 Å². The molecule has 0 aliphatic heterocycles. The smallest absolute Gasteiger partial charge is 0.123 e. The lowest BCUT2D eigenvalue weighted by molar-refractivity contribution is 0.627. The Morgan fingerprint density at radius 1 is 0.882 bits per heavy atom. The zero-order valence-corrected chi connectivity index (χ0v) is 11.5. The second-order valence-electron chi connectivity index (χ2n) is 4.26. The van der Waals surface area contributed by atoms with Gasteiger partial charge in [-0.15, -0.1) is 0 Å². The minimum absolute atomic E-state index is 0.113. The van der Waals surface area contributed by atoms with E-state index in [1.165, 1.54) is 28.8 Å². The van der Waals surface area contributed by atoms with Gasteiger partial charge in [0.25, 0.3) is 0 Å². The molecule has 0 N–H and O–H groups in total. The lowest BCUT2D eigenvalue weighted by Crippen LogP contribution is -1.94. The van der Waals surface area contributed by atoms with Gasteiger partial charge in [0.15, 0.2) is 0 Å². The van der Waals surface area contributed by atoms with E-state index >= 15 is 0 Å². The normalized spacial score (nSPS) is 12.5. The van der Waals surface area contributed by atoms with Crippen LogP contribution in [0, 0.1) is 19.7 Å². The maximum Gasteiger partial charge on any atom is 0.123 e. The van der Waals surface area contributed by atoms with Crippen LogP contribution in [0.15, 0.2) is 42.5 Å². The SMILES string of the molecule is Cc1ccc(C(Br)c2ccc(F)cc2)cc1C. The summed E-state index contributed by atoms with van der Waals surface area (Å²) >= 11 is 3.65. The third-order valence-electron chi connectivity index (χ3n) is 2.99. The highest BCUT2D eigenvalue weighted by atomic mass is 79.9. The minimum atomic E-state index is -0.200. The van der Waals surface area contributed by atoms with Crippen molar-refractivity contribution >= 4 is 15.9 Å². The molecule has 2 rings (SSSR count). The Bertz CT molecular complexity index is 517. The average Bonchev–Trinajstić information content (AvgIpc) is 2.33. The molecule has 0 heterocycles. The van der Waals surface area contributed by atoms with E-state index in [1.807, 2.05) is 12.1 Å². The molecule has 0 aromatic heterocycles. The number of halogens is 2. The number of aryl methyl sites for hydroxylation is 2. The van der Waals surface area contributed by atoms with Crippen LogP contribution in [0.25, 0.3) is 0 Å². The molecule has 17 heavy (non-hydrogen) atoms. The second kappa shape index (κ2) is 5.01. The van der Waals surface area contributed by atoms with E-state index in [2.05, 4.69) is 48.0 Å². The fourth-order valence-corrected chi connectivity index (χ4v) is 2.34. The summed E-state index contributed by atoms with van der Waals surface area (Å²) in [5.74, 6) is -0.200. The first-order valence-corrected chi connectivity index (χ1v) is 6.46. The van der Waals surface area contributed by atoms with Crippen LogP contribution in [0.4, 0.5) is 4.39 Å². The van der Waals surface area contributed by atoms with E-state index in [0.29, 0.717) is 0 Å². The summed E-state index contributed by atoms with van der Waals surface area (Å²) in [5.41, 5.74) is 4.82. The summed E-state index contributed by atoms with van der Waals surface area (Å²) in [7, 11) is 0. The Morgan fingerprint density at radius 2 is 1.47 bits per heavy atom.